The van der Waals surface area contributed by atoms with Crippen molar-refractivity contribution in [2.75, 3.05) is 39.8 Å². The molecule has 1 fully saturated rings. The van der Waals surface area contributed by atoms with Crippen LogP contribution in [0.1, 0.15) is 32.6 Å². The lowest BCUT2D eigenvalue weighted by molar-refractivity contribution is 0.330. The molecule has 0 saturated carbocycles. The average Bonchev–Trinajstić information content (AvgIpc) is 3.11. The van der Waals surface area contributed by atoms with Gasteiger partial charge in [-0.15, -0.1) is 11.8 Å². The first-order chi connectivity index (χ1) is 11.8. The van der Waals surface area contributed by atoms with Gasteiger partial charge in [0, 0.05) is 30.3 Å². The summed E-state index contributed by atoms with van der Waals surface area (Å²) in [6.07, 6.45) is 5.23. The first-order valence-corrected chi connectivity index (χ1v) is 10.0. The zero-order chi connectivity index (χ0) is 17.0. The third kappa shape index (κ3) is 7.58. The van der Waals surface area contributed by atoms with E-state index in [1.807, 2.05) is 18.8 Å². The predicted octanol–water partition coefficient (Wildman–Crippen LogP) is 3.21. The molecule has 24 heavy (non-hydrogen) atoms. The minimum Gasteiger partial charge on any atom is -0.356 e. The first-order valence-electron chi connectivity index (χ1n) is 9.16. The van der Waals surface area contributed by atoms with Crippen LogP contribution >= 0.6 is 11.8 Å². The molecule has 1 aliphatic rings. The highest BCUT2D eigenvalue weighted by Crippen LogP contribution is 2.21. The Balaban J connectivity index is 1.54. The molecule has 1 aromatic rings. The van der Waals surface area contributed by atoms with E-state index in [0.717, 1.165) is 19.0 Å². The molecule has 5 heteroatoms. The number of aliphatic imine (C=N–C) groups is 1. The molecule has 134 valence electrons. The fourth-order valence-electron chi connectivity index (χ4n) is 2.91. The average molecular weight is 349 g/mol. The van der Waals surface area contributed by atoms with Crippen molar-refractivity contribution in [1.29, 1.82) is 0 Å². The van der Waals surface area contributed by atoms with Gasteiger partial charge in [-0.05, 0) is 57.5 Å². The molecule has 0 radical (unpaired) electrons. The van der Waals surface area contributed by atoms with Crippen LogP contribution in [0.2, 0.25) is 0 Å². The van der Waals surface area contributed by atoms with Crippen LogP contribution in [-0.4, -0.2) is 55.9 Å². The number of nitrogens with zero attached hydrogens (tertiary/aromatic N) is 2. The minimum absolute atomic E-state index is 0.501. The summed E-state index contributed by atoms with van der Waals surface area (Å²) in [7, 11) is 1.84. The van der Waals surface area contributed by atoms with Crippen molar-refractivity contribution in [3.63, 3.8) is 0 Å². The van der Waals surface area contributed by atoms with Gasteiger partial charge in [-0.25, -0.2) is 0 Å². The lowest BCUT2D eigenvalue weighted by Crippen LogP contribution is -2.40. The molecule has 4 nitrogen and oxygen atoms in total. The van der Waals surface area contributed by atoms with E-state index in [1.54, 1.807) is 0 Å². The molecule has 1 saturated heterocycles. The topological polar surface area (TPSA) is 39.7 Å². The number of rotatable bonds is 9. The number of benzene rings is 1. The van der Waals surface area contributed by atoms with Crippen LogP contribution in [0.4, 0.5) is 0 Å². The fraction of sp³-hybridized carbons (Fsp3) is 0.632. The van der Waals surface area contributed by atoms with Gasteiger partial charge < -0.3 is 15.5 Å². The maximum atomic E-state index is 4.32. The third-order valence-corrected chi connectivity index (χ3v) is 5.37. The molecule has 1 heterocycles. The number of guanidine groups is 1. The van der Waals surface area contributed by atoms with Crippen LogP contribution in [0.15, 0.2) is 40.2 Å². The van der Waals surface area contributed by atoms with E-state index in [9.17, 15) is 0 Å². The Morgan fingerprint density at radius 3 is 2.62 bits per heavy atom. The smallest absolute Gasteiger partial charge is 0.191 e. The van der Waals surface area contributed by atoms with Crippen molar-refractivity contribution in [3.05, 3.63) is 30.3 Å². The Bertz CT molecular complexity index is 472. The van der Waals surface area contributed by atoms with Gasteiger partial charge in [-0.2, -0.15) is 0 Å². The lowest BCUT2D eigenvalue weighted by atomic mass is 10.3. The number of likely N-dealkylation sites (tertiary alicyclic amines) is 1. The standard InChI is InChI=1S/C19H32N4S/c1-17(24-18-10-4-3-5-11-18)16-22-19(20-2)21-12-6-7-13-23-14-8-9-15-23/h3-5,10-11,17H,6-9,12-16H2,1-2H3,(H2,20,21,22). The van der Waals surface area contributed by atoms with Gasteiger partial charge in [0.1, 0.15) is 0 Å². The second-order valence-corrected chi connectivity index (χ2v) is 7.89. The highest BCUT2D eigenvalue weighted by molar-refractivity contribution is 8.00. The third-order valence-electron chi connectivity index (χ3n) is 4.25. The summed E-state index contributed by atoms with van der Waals surface area (Å²) in [4.78, 5) is 8.21. The van der Waals surface area contributed by atoms with E-state index in [1.165, 1.54) is 50.2 Å². The zero-order valence-corrected chi connectivity index (χ0v) is 15.9. The van der Waals surface area contributed by atoms with Crippen LogP contribution in [0.3, 0.4) is 0 Å². The Kier molecular flexibility index (Phi) is 9.06. The number of hydrogen-bond acceptors (Lipinski definition) is 3. The summed E-state index contributed by atoms with van der Waals surface area (Å²) >= 11 is 1.89. The second-order valence-electron chi connectivity index (χ2n) is 6.38. The van der Waals surface area contributed by atoms with Crippen molar-refractivity contribution >= 4 is 17.7 Å². The Morgan fingerprint density at radius 1 is 1.17 bits per heavy atom. The lowest BCUT2D eigenvalue weighted by Gasteiger charge is -2.17. The molecule has 1 aromatic carbocycles. The number of hydrogen-bond donors (Lipinski definition) is 2. The van der Waals surface area contributed by atoms with Crippen LogP contribution < -0.4 is 10.6 Å². The van der Waals surface area contributed by atoms with Gasteiger partial charge >= 0.3 is 0 Å². The summed E-state index contributed by atoms with van der Waals surface area (Å²) in [6, 6.07) is 10.6. The number of nitrogens with one attached hydrogen (secondary N) is 2. The quantitative estimate of drug-likeness (QED) is 0.311. The highest BCUT2D eigenvalue weighted by Gasteiger charge is 2.10. The predicted molar refractivity (Wildman–Crippen MR) is 106 cm³/mol. The molecule has 0 bridgehead atoms. The molecule has 2 N–H and O–H groups in total. The van der Waals surface area contributed by atoms with Gasteiger partial charge in [-0.3, -0.25) is 4.99 Å². The van der Waals surface area contributed by atoms with E-state index in [4.69, 9.17) is 0 Å². The molecule has 2 rings (SSSR count). The summed E-state index contributed by atoms with van der Waals surface area (Å²) in [5.41, 5.74) is 0. The molecular formula is C19H32N4S. The van der Waals surface area contributed by atoms with Crippen molar-refractivity contribution < 1.29 is 0 Å². The van der Waals surface area contributed by atoms with Gasteiger partial charge in [0.2, 0.25) is 0 Å². The van der Waals surface area contributed by atoms with Crippen molar-refractivity contribution in [3.8, 4) is 0 Å². The van der Waals surface area contributed by atoms with E-state index in [-0.39, 0.29) is 0 Å². The zero-order valence-electron chi connectivity index (χ0n) is 15.1. The second kappa shape index (κ2) is 11.4. The summed E-state index contributed by atoms with van der Waals surface area (Å²) < 4.78 is 0. The van der Waals surface area contributed by atoms with Crippen LogP contribution in [-0.2, 0) is 0 Å². The van der Waals surface area contributed by atoms with E-state index >= 15 is 0 Å². The normalized spacial score (nSPS) is 17.0. The monoisotopic (exact) mass is 348 g/mol. The minimum atomic E-state index is 0.501. The number of thioether (sulfide) groups is 1. The number of unbranched alkanes of at least 4 members (excludes halogenated alkanes) is 1. The van der Waals surface area contributed by atoms with Gasteiger partial charge in [0.25, 0.3) is 0 Å². The Labute approximate surface area is 151 Å². The van der Waals surface area contributed by atoms with Gasteiger partial charge in [0.05, 0.1) is 0 Å². The molecule has 0 aliphatic carbocycles. The summed E-state index contributed by atoms with van der Waals surface area (Å²) in [6.45, 7) is 7.99. The molecule has 0 aromatic heterocycles. The molecule has 1 aliphatic heterocycles. The van der Waals surface area contributed by atoms with E-state index < -0.39 is 0 Å². The van der Waals surface area contributed by atoms with Crippen LogP contribution in [0.5, 0.6) is 0 Å². The van der Waals surface area contributed by atoms with Gasteiger partial charge in [-0.1, -0.05) is 25.1 Å². The van der Waals surface area contributed by atoms with Crippen molar-refractivity contribution in [1.82, 2.24) is 15.5 Å². The maximum absolute atomic E-state index is 4.32. The molecule has 1 atom stereocenters. The molecule has 1 unspecified atom stereocenters. The van der Waals surface area contributed by atoms with Crippen LogP contribution in [0.25, 0.3) is 0 Å². The Hall–Kier alpha value is -1.20. The summed E-state index contributed by atoms with van der Waals surface area (Å²) in [5.74, 6) is 0.914. The fourth-order valence-corrected chi connectivity index (χ4v) is 3.85. The van der Waals surface area contributed by atoms with Gasteiger partial charge in [0.15, 0.2) is 5.96 Å². The summed E-state index contributed by atoms with van der Waals surface area (Å²) in [5, 5.41) is 7.36. The van der Waals surface area contributed by atoms with E-state index in [0.29, 0.717) is 5.25 Å². The first kappa shape index (κ1) is 19.1. The molecule has 0 amide bonds. The highest BCUT2D eigenvalue weighted by atomic mass is 32.2. The maximum Gasteiger partial charge on any atom is 0.191 e. The SMILES string of the molecule is CN=C(NCCCCN1CCCC1)NCC(C)Sc1ccccc1. The largest absolute Gasteiger partial charge is 0.356 e. The van der Waals surface area contributed by atoms with E-state index in [2.05, 4.69) is 57.8 Å². The molecule has 0 spiro atoms. The molecular weight excluding hydrogens is 316 g/mol. The Morgan fingerprint density at radius 2 is 1.92 bits per heavy atom. The van der Waals surface area contributed by atoms with Crippen LogP contribution in [0, 0.1) is 0 Å². The van der Waals surface area contributed by atoms with Crippen molar-refractivity contribution in [2.24, 2.45) is 4.99 Å². The van der Waals surface area contributed by atoms with Crippen molar-refractivity contribution in [2.45, 2.75) is 42.8 Å².